The first-order valence-electron chi connectivity index (χ1n) is 9.84. The molecule has 2 rings (SSSR count). The van der Waals surface area contributed by atoms with E-state index in [1.54, 1.807) is 9.21 Å². The van der Waals surface area contributed by atoms with Crippen molar-refractivity contribution >= 4 is 39.9 Å². The molecule has 0 radical (unpaired) electrons. The molecular weight excluding hydrogens is 456 g/mol. The van der Waals surface area contributed by atoms with Gasteiger partial charge < -0.3 is 14.4 Å². The van der Waals surface area contributed by atoms with Gasteiger partial charge in [0, 0.05) is 30.8 Å². The lowest BCUT2D eigenvalue weighted by molar-refractivity contribution is 0.0211. The van der Waals surface area contributed by atoms with Gasteiger partial charge in [-0.1, -0.05) is 25.8 Å². The summed E-state index contributed by atoms with van der Waals surface area (Å²) in [5.74, 6) is 0.760. The maximum atomic E-state index is 12.4. The Morgan fingerprint density at radius 3 is 2.66 bits per heavy atom. The van der Waals surface area contributed by atoms with E-state index in [-0.39, 0.29) is 17.9 Å². The number of benzene rings is 1. The Hall–Kier alpha value is -1.41. The molecule has 1 aromatic carbocycles. The number of rotatable bonds is 8. The van der Waals surface area contributed by atoms with Crippen LogP contribution in [0.4, 0.5) is 4.79 Å². The van der Waals surface area contributed by atoms with E-state index in [2.05, 4.69) is 15.9 Å². The SMILES string of the molecule is CCCN(CC(C)COc1cc2c(cc1Br)CN(SC)C2=O)C(=O)OC(C)(C)C. The highest BCUT2D eigenvalue weighted by molar-refractivity contribution is 9.10. The molecule has 0 spiro atoms. The first-order chi connectivity index (χ1) is 13.6. The van der Waals surface area contributed by atoms with Crippen LogP contribution >= 0.6 is 27.9 Å². The van der Waals surface area contributed by atoms with E-state index < -0.39 is 5.60 Å². The van der Waals surface area contributed by atoms with Gasteiger partial charge in [0.15, 0.2) is 0 Å². The number of amides is 2. The van der Waals surface area contributed by atoms with E-state index in [1.165, 1.54) is 11.9 Å². The lowest BCUT2D eigenvalue weighted by Gasteiger charge is -2.29. The molecule has 8 heteroatoms. The fourth-order valence-corrected chi connectivity index (χ4v) is 4.10. The average Bonchev–Trinajstić information content (AvgIpc) is 2.93. The van der Waals surface area contributed by atoms with Crippen molar-refractivity contribution in [3.05, 3.63) is 27.7 Å². The normalized spacial score (nSPS) is 14.6. The van der Waals surface area contributed by atoms with Crippen molar-refractivity contribution in [3.63, 3.8) is 0 Å². The number of ether oxygens (including phenoxy) is 2. The molecule has 1 aliphatic rings. The molecule has 0 N–H and O–H groups in total. The van der Waals surface area contributed by atoms with Crippen LogP contribution in [-0.4, -0.2) is 52.8 Å². The van der Waals surface area contributed by atoms with Crippen LogP contribution < -0.4 is 4.74 Å². The Labute approximate surface area is 186 Å². The molecule has 0 bridgehead atoms. The first-order valence-corrected chi connectivity index (χ1v) is 11.8. The molecule has 1 atom stereocenters. The van der Waals surface area contributed by atoms with Crippen molar-refractivity contribution < 1.29 is 19.1 Å². The summed E-state index contributed by atoms with van der Waals surface area (Å²) in [7, 11) is 0. The van der Waals surface area contributed by atoms with Crippen molar-refractivity contribution in [2.24, 2.45) is 5.92 Å². The maximum absolute atomic E-state index is 12.4. The zero-order valence-corrected chi connectivity index (χ0v) is 20.5. The van der Waals surface area contributed by atoms with Crippen molar-refractivity contribution in [2.45, 2.75) is 53.2 Å². The Bertz CT molecular complexity index is 751. The smallest absolute Gasteiger partial charge is 0.410 e. The Kier molecular flexibility index (Phi) is 8.28. The summed E-state index contributed by atoms with van der Waals surface area (Å²) in [6, 6.07) is 3.76. The maximum Gasteiger partial charge on any atom is 0.410 e. The summed E-state index contributed by atoms with van der Waals surface area (Å²) in [6.07, 6.45) is 2.45. The summed E-state index contributed by atoms with van der Waals surface area (Å²) in [6.45, 7) is 11.9. The number of fused-ring (bicyclic) bond motifs is 1. The molecule has 0 saturated heterocycles. The van der Waals surface area contributed by atoms with Crippen LogP contribution in [0.5, 0.6) is 5.75 Å². The Morgan fingerprint density at radius 2 is 2.07 bits per heavy atom. The molecule has 0 aromatic heterocycles. The van der Waals surface area contributed by atoms with E-state index in [9.17, 15) is 9.59 Å². The highest BCUT2D eigenvalue weighted by Gasteiger charge is 2.29. The topological polar surface area (TPSA) is 59.1 Å². The lowest BCUT2D eigenvalue weighted by Crippen LogP contribution is -2.40. The molecule has 1 heterocycles. The highest BCUT2D eigenvalue weighted by atomic mass is 79.9. The summed E-state index contributed by atoms with van der Waals surface area (Å²) in [5, 5.41) is 0. The van der Waals surface area contributed by atoms with Gasteiger partial charge in [0.1, 0.15) is 11.4 Å². The van der Waals surface area contributed by atoms with Crippen LogP contribution in [-0.2, 0) is 11.3 Å². The van der Waals surface area contributed by atoms with E-state index in [0.29, 0.717) is 37.6 Å². The van der Waals surface area contributed by atoms with Gasteiger partial charge in [-0.25, -0.2) is 4.79 Å². The quantitative estimate of drug-likeness (QED) is 0.463. The summed E-state index contributed by atoms with van der Waals surface area (Å²) < 4.78 is 14.1. The van der Waals surface area contributed by atoms with Gasteiger partial charge in [0.2, 0.25) is 0 Å². The molecular formula is C21H31BrN2O4S. The Morgan fingerprint density at radius 1 is 1.38 bits per heavy atom. The molecule has 1 aliphatic heterocycles. The van der Waals surface area contributed by atoms with Crippen LogP contribution in [0.1, 0.15) is 57.0 Å². The highest BCUT2D eigenvalue weighted by Crippen LogP contribution is 2.35. The fraction of sp³-hybridized carbons (Fsp3) is 0.619. The van der Waals surface area contributed by atoms with Crippen molar-refractivity contribution in [1.29, 1.82) is 0 Å². The third-order valence-electron chi connectivity index (χ3n) is 4.35. The lowest BCUT2D eigenvalue weighted by atomic mass is 10.1. The fourth-order valence-electron chi connectivity index (χ4n) is 3.06. The number of hydrogen-bond donors (Lipinski definition) is 0. The van der Waals surface area contributed by atoms with E-state index in [4.69, 9.17) is 9.47 Å². The molecule has 29 heavy (non-hydrogen) atoms. The second kappa shape index (κ2) is 10.1. The standard InChI is InChI=1S/C21H31BrN2O4S/c1-7-8-23(20(26)28-21(3,4)5)11-14(2)13-27-18-10-16-15(9-17(18)22)12-24(29-6)19(16)25/h9-10,14H,7-8,11-13H2,1-6H3. The zero-order valence-electron chi connectivity index (χ0n) is 18.1. The predicted octanol–water partition coefficient (Wildman–Crippen LogP) is 5.34. The van der Waals surface area contributed by atoms with Gasteiger partial charge in [-0.3, -0.25) is 9.10 Å². The van der Waals surface area contributed by atoms with Gasteiger partial charge in [-0.2, -0.15) is 0 Å². The van der Waals surface area contributed by atoms with Gasteiger partial charge in [-0.15, -0.1) is 0 Å². The van der Waals surface area contributed by atoms with Crippen LogP contribution in [0.25, 0.3) is 0 Å². The van der Waals surface area contributed by atoms with E-state index in [0.717, 1.165) is 16.5 Å². The van der Waals surface area contributed by atoms with Gasteiger partial charge in [-0.05, 0) is 60.8 Å². The molecule has 6 nitrogen and oxygen atoms in total. The molecule has 0 saturated carbocycles. The zero-order chi connectivity index (χ0) is 21.8. The third-order valence-corrected chi connectivity index (χ3v) is 5.71. The molecule has 0 aliphatic carbocycles. The van der Waals surface area contributed by atoms with Crippen LogP contribution in [0.2, 0.25) is 0 Å². The summed E-state index contributed by atoms with van der Waals surface area (Å²) >= 11 is 4.97. The van der Waals surface area contributed by atoms with Gasteiger partial charge in [0.25, 0.3) is 5.91 Å². The average molecular weight is 487 g/mol. The van der Waals surface area contributed by atoms with Crippen LogP contribution in [0, 0.1) is 5.92 Å². The third kappa shape index (κ3) is 6.54. The number of carbonyl (C=O) groups excluding carboxylic acids is 2. The molecule has 162 valence electrons. The summed E-state index contributed by atoms with van der Waals surface area (Å²) in [5.41, 5.74) is 1.16. The largest absolute Gasteiger partial charge is 0.492 e. The monoisotopic (exact) mass is 486 g/mol. The number of hydrogen-bond acceptors (Lipinski definition) is 5. The summed E-state index contributed by atoms with van der Waals surface area (Å²) in [4.78, 5) is 26.6. The molecule has 0 fully saturated rings. The molecule has 2 amide bonds. The minimum Gasteiger partial charge on any atom is -0.492 e. The number of halogens is 1. The number of carbonyl (C=O) groups is 2. The van der Waals surface area contributed by atoms with Crippen molar-refractivity contribution in [3.8, 4) is 5.75 Å². The molecule has 1 unspecified atom stereocenters. The van der Waals surface area contributed by atoms with Gasteiger partial charge in [0.05, 0.1) is 17.6 Å². The van der Waals surface area contributed by atoms with Crippen LogP contribution in [0.3, 0.4) is 0 Å². The van der Waals surface area contributed by atoms with Crippen molar-refractivity contribution in [1.82, 2.24) is 9.21 Å². The predicted molar refractivity (Wildman–Crippen MR) is 120 cm³/mol. The number of nitrogens with zero attached hydrogens (tertiary/aromatic N) is 2. The van der Waals surface area contributed by atoms with E-state index in [1.807, 2.05) is 53.0 Å². The minimum absolute atomic E-state index is 0.0111. The first kappa shape index (κ1) is 23.9. The second-order valence-corrected chi connectivity index (χ2v) is 9.97. The van der Waals surface area contributed by atoms with Gasteiger partial charge >= 0.3 is 6.09 Å². The van der Waals surface area contributed by atoms with Crippen LogP contribution in [0.15, 0.2) is 16.6 Å². The second-order valence-electron chi connectivity index (χ2n) is 8.31. The van der Waals surface area contributed by atoms with E-state index >= 15 is 0 Å². The van der Waals surface area contributed by atoms with Crippen molar-refractivity contribution in [2.75, 3.05) is 26.0 Å². The molecule has 1 aromatic rings. The minimum atomic E-state index is -0.519. The Balaban J connectivity index is 1.99.